The summed E-state index contributed by atoms with van der Waals surface area (Å²) in [4.78, 5) is 14.9. The minimum absolute atomic E-state index is 0.0526. The van der Waals surface area contributed by atoms with Crippen molar-refractivity contribution in [2.45, 2.75) is 13.1 Å². The van der Waals surface area contributed by atoms with Crippen LogP contribution in [0.5, 0.6) is 5.75 Å². The molecule has 0 saturated heterocycles. The summed E-state index contributed by atoms with van der Waals surface area (Å²) in [6, 6.07) is 26.9. The van der Waals surface area contributed by atoms with Gasteiger partial charge >= 0.3 is 0 Å². The number of rotatable bonds is 9. The van der Waals surface area contributed by atoms with Crippen molar-refractivity contribution in [3.8, 4) is 5.75 Å². The summed E-state index contributed by atoms with van der Waals surface area (Å²) in [6.45, 7) is 2.67. The Balaban J connectivity index is 1.25. The van der Waals surface area contributed by atoms with Crippen LogP contribution in [-0.4, -0.2) is 31.0 Å². The van der Waals surface area contributed by atoms with Gasteiger partial charge in [0.2, 0.25) is 0 Å². The summed E-state index contributed by atoms with van der Waals surface area (Å²) in [7, 11) is 2.14. The molecule has 4 nitrogen and oxygen atoms in total. The molecule has 31 heavy (non-hydrogen) atoms. The van der Waals surface area contributed by atoms with E-state index >= 15 is 0 Å². The number of nitrogens with one attached hydrogen (secondary N) is 1. The molecule has 0 aliphatic rings. The number of carbonyl (C=O) groups excluding carboxylic acids is 1. The van der Waals surface area contributed by atoms with E-state index in [1.165, 1.54) is 33.2 Å². The van der Waals surface area contributed by atoms with Crippen LogP contribution in [-0.2, 0) is 13.1 Å². The van der Waals surface area contributed by atoms with Crippen molar-refractivity contribution in [3.63, 3.8) is 0 Å². The number of carbonyl (C=O) groups is 1. The first-order valence-electron chi connectivity index (χ1n) is 10.4. The van der Waals surface area contributed by atoms with E-state index in [1.54, 1.807) is 0 Å². The lowest BCUT2D eigenvalue weighted by molar-refractivity contribution is 0.0951. The molecule has 4 rings (SSSR count). The Bertz CT molecular complexity index is 1120. The van der Waals surface area contributed by atoms with Crippen molar-refractivity contribution in [1.29, 1.82) is 0 Å². The largest absolute Gasteiger partial charge is 0.492 e. The van der Waals surface area contributed by atoms with Gasteiger partial charge in [-0.2, -0.15) is 0 Å². The fourth-order valence-electron chi connectivity index (χ4n) is 3.61. The van der Waals surface area contributed by atoms with Crippen LogP contribution in [0.15, 0.2) is 84.2 Å². The molecule has 0 spiro atoms. The third kappa shape index (κ3) is 5.72. The lowest BCUT2D eigenvalue weighted by Crippen LogP contribution is -2.27. The SMILES string of the molecule is CN(Cc1ccc(OCCNC(=O)c2cccs2)cc1)Cc1cccc2ccccc12. The van der Waals surface area contributed by atoms with Gasteiger partial charge in [0, 0.05) is 13.1 Å². The molecule has 0 bridgehead atoms. The lowest BCUT2D eigenvalue weighted by Gasteiger charge is -2.18. The van der Waals surface area contributed by atoms with Crippen LogP contribution < -0.4 is 10.1 Å². The van der Waals surface area contributed by atoms with E-state index in [1.807, 2.05) is 29.6 Å². The Morgan fingerprint density at radius 1 is 0.935 bits per heavy atom. The molecule has 1 amide bonds. The van der Waals surface area contributed by atoms with Gasteiger partial charge in [-0.25, -0.2) is 0 Å². The molecule has 1 heterocycles. The van der Waals surface area contributed by atoms with Crippen LogP contribution >= 0.6 is 11.3 Å². The van der Waals surface area contributed by atoms with Crippen LogP contribution in [0.4, 0.5) is 0 Å². The number of amides is 1. The van der Waals surface area contributed by atoms with Gasteiger partial charge < -0.3 is 10.1 Å². The van der Waals surface area contributed by atoms with Gasteiger partial charge in [-0.15, -0.1) is 11.3 Å². The molecule has 3 aromatic carbocycles. The molecule has 5 heteroatoms. The van der Waals surface area contributed by atoms with Crippen molar-refractivity contribution in [1.82, 2.24) is 10.2 Å². The van der Waals surface area contributed by atoms with Crippen LogP contribution in [0.3, 0.4) is 0 Å². The average Bonchev–Trinajstić information content (AvgIpc) is 3.33. The second-order valence-electron chi connectivity index (χ2n) is 7.54. The number of nitrogens with zero attached hydrogens (tertiary/aromatic N) is 1. The number of hydrogen-bond donors (Lipinski definition) is 1. The van der Waals surface area contributed by atoms with Gasteiger partial charge in [0.15, 0.2) is 0 Å². The summed E-state index contributed by atoms with van der Waals surface area (Å²) in [5.74, 6) is 0.758. The Labute approximate surface area is 187 Å². The second-order valence-corrected chi connectivity index (χ2v) is 8.48. The first-order valence-corrected chi connectivity index (χ1v) is 11.3. The maximum Gasteiger partial charge on any atom is 0.261 e. The van der Waals surface area contributed by atoms with E-state index in [9.17, 15) is 4.79 Å². The topological polar surface area (TPSA) is 41.6 Å². The monoisotopic (exact) mass is 430 g/mol. The van der Waals surface area contributed by atoms with Gasteiger partial charge in [0.05, 0.1) is 11.4 Å². The third-order valence-electron chi connectivity index (χ3n) is 5.10. The predicted molar refractivity (Wildman–Crippen MR) is 128 cm³/mol. The zero-order valence-corrected chi connectivity index (χ0v) is 18.4. The highest BCUT2D eigenvalue weighted by molar-refractivity contribution is 7.12. The molecular weight excluding hydrogens is 404 g/mol. The molecule has 158 valence electrons. The van der Waals surface area contributed by atoms with E-state index in [0.717, 1.165) is 23.7 Å². The van der Waals surface area contributed by atoms with Crippen molar-refractivity contribution in [2.24, 2.45) is 0 Å². The van der Waals surface area contributed by atoms with Crippen LogP contribution in [0.25, 0.3) is 10.8 Å². The molecule has 0 aliphatic heterocycles. The van der Waals surface area contributed by atoms with Gasteiger partial charge in [-0.05, 0) is 52.5 Å². The third-order valence-corrected chi connectivity index (χ3v) is 5.97. The van der Waals surface area contributed by atoms with E-state index in [4.69, 9.17) is 4.74 Å². The molecule has 1 aromatic heterocycles. The Kier molecular flexibility index (Phi) is 6.97. The second kappa shape index (κ2) is 10.2. The number of benzene rings is 3. The normalized spacial score (nSPS) is 11.0. The molecule has 0 saturated carbocycles. The molecule has 0 unspecified atom stereocenters. The Hall–Kier alpha value is -3.15. The molecule has 0 aliphatic carbocycles. The quantitative estimate of drug-likeness (QED) is 0.364. The first kappa shape index (κ1) is 21.1. The molecule has 0 fully saturated rings. The molecule has 0 atom stereocenters. The maximum absolute atomic E-state index is 11.9. The van der Waals surface area contributed by atoms with Crippen LogP contribution in [0.1, 0.15) is 20.8 Å². The summed E-state index contributed by atoms with van der Waals surface area (Å²) < 4.78 is 5.75. The minimum atomic E-state index is -0.0526. The van der Waals surface area contributed by atoms with Crippen molar-refractivity contribution >= 4 is 28.0 Å². The minimum Gasteiger partial charge on any atom is -0.492 e. The Morgan fingerprint density at radius 3 is 2.55 bits per heavy atom. The van der Waals surface area contributed by atoms with Gasteiger partial charge in [-0.1, -0.05) is 60.7 Å². The highest BCUT2D eigenvalue weighted by Gasteiger charge is 2.07. The summed E-state index contributed by atoms with van der Waals surface area (Å²) in [5, 5.41) is 7.35. The molecule has 1 N–H and O–H groups in total. The number of fused-ring (bicyclic) bond motifs is 1. The molecule has 0 radical (unpaired) electrons. The highest BCUT2D eigenvalue weighted by Crippen LogP contribution is 2.21. The molecule has 4 aromatic rings. The van der Waals surface area contributed by atoms with E-state index in [2.05, 4.69) is 71.9 Å². The van der Waals surface area contributed by atoms with E-state index < -0.39 is 0 Å². The number of thiophene rings is 1. The summed E-state index contributed by atoms with van der Waals surface area (Å²) >= 11 is 1.44. The summed E-state index contributed by atoms with van der Waals surface area (Å²) in [5.41, 5.74) is 2.58. The zero-order valence-electron chi connectivity index (χ0n) is 17.6. The van der Waals surface area contributed by atoms with Crippen molar-refractivity contribution in [3.05, 3.63) is 100 Å². The maximum atomic E-state index is 11.9. The van der Waals surface area contributed by atoms with Gasteiger partial charge in [0.25, 0.3) is 5.91 Å². The van der Waals surface area contributed by atoms with Crippen LogP contribution in [0, 0.1) is 0 Å². The van der Waals surface area contributed by atoms with Crippen molar-refractivity contribution < 1.29 is 9.53 Å². The summed E-state index contributed by atoms with van der Waals surface area (Å²) in [6.07, 6.45) is 0. The van der Waals surface area contributed by atoms with E-state index in [-0.39, 0.29) is 5.91 Å². The predicted octanol–water partition coefficient (Wildman–Crippen LogP) is 5.34. The van der Waals surface area contributed by atoms with E-state index in [0.29, 0.717) is 13.2 Å². The number of hydrogen-bond acceptors (Lipinski definition) is 4. The first-order chi connectivity index (χ1) is 15.2. The lowest BCUT2D eigenvalue weighted by atomic mass is 10.0. The molecular formula is C26H26N2O2S. The fraction of sp³-hybridized carbons (Fsp3) is 0.192. The van der Waals surface area contributed by atoms with Crippen LogP contribution in [0.2, 0.25) is 0 Å². The standard InChI is InChI=1S/C26H26N2O2S/c1-28(19-22-8-4-7-21-6-2-3-9-24(21)22)18-20-11-13-23(14-12-20)30-16-15-27-26(29)25-10-5-17-31-25/h2-14,17H,15-16,18-19H2,1H3,(H,27,29). The number of ether oxygens (including phenoxy) is 1. The highest BCUT2D eigenvalue weighted by atomic mass is 32.1. The van der Waals surface area contributed by atoms with Gasteiger partial charge in [-0.3, -0.25) is 9.69 Å². The zero-order chi connectivity index (χ0) is 21.5. The average molecular weight is 431 g/mol. The van der Waals surface area contributed by atoms with Gasteiger partial charge in [0.1, 0.15) is 12.4 Å². The fourth-order valence-corrected chi connectivity index (χ4v) is 4.25. The van der Waals surface area contributed by atoms with Crippen molar-refractivity contribution in [2.75, 3.05) is 20.2 Å². The smallest absolute Gasteiger partial charge is 0.261 e. The Morgan fingerprint density at radius 2 is 1.74 bits per heavy atom.